The molecule has 6 rings (SSSR count). The van der Waals surface area contributed by atoms with E-state index >= 15 is 0 Å². The second-order valence-electron chi connectivity index (χ2n) is 12.7. The van der Waals surface area contributed by atoms with Crippen molar-refractivity contribution in [3.63, 3.8) is 0 Å². The van der Waals surface area contributed by atoms with E-state index in [2.05, 4.69) is 13.2 Å². The molecule has 1 N–H and O–H groups in total. The Bertz CT molecular complexity index is 1640. The lowest BCUT2D eigenvalue weighted by Crippen LogP contribution is -2.57. The number of fused-ring (bicyclic) bond motifs is 2. The molecule has 3 saturated heterocycles. The molecule has 0 radical (unpaired) electrons. The fourth-order valence-corrected chi connectivity index (χ4v) is 8.08. The fourth-order valence-electron chi connectivity index (χ4n) is 8.08. The average molecular weight is 608 g/mol. The normalized spacial score (nSPS) is 28.2. The third-order valence-electron chi connectivity index (χ3n) is 10.2. The van der Waals surface area contributed by atoms with Gasteiger partial charge in [-0.1, -0.05) is 79.7 Å². The van der Waals surface area contributed by atoms with E-state index in [-0.39, 0.29) is 43.3 Å². The number of carbonyl (C=O) groups is 3. The van der Waals surface area contributed by atoms with Crippen molar-refractivity contribution < 1.29 is 24.2 Å². The second kappa shape index (κ2) is 11.9. The van der Waals surface area contributed by atoms with Gasteiger partial charge in [-0.2, -0.15) is 0 Å². The van der Waals surface area contributed by atoms with Crippen molar-refractivity contribution in [2.24, 2.45) is 17.8 Å². The van der Waals surface area contributed by atoms with E-state index in [0.717, 1.165) is 16.3 Å². The Morgan fingerprint density at radius 1 is 1.00 bits per heavy atom. The predicted molar refractivity (Wildman–Crippen MR) is 174 cm³/mol. The molecule has 3 aromatic carbocycles. The van der Waals surface area contributed by atoms with E-state index in [9.17, 15) is 19.5 Å². The molecule has 3 aliphatic rings. The van der Waals surface area contributed by atoms with Gasteiger partial charge in [0.2, 0.25) is 11.8 Å². The van der Waals surface area contributed by atoms with Gasteiger partial charge in [0.25, 0.3) is 5.91 Å². The third kappa shape index (κ3) is 4.87. The van der Waals surface area contributed by atoms with Gasteiger partial charge in [0.1, 0.15) is 11.6 Å². The number of hydrogen-bond donors (Lipinski definition) is 1. The zero-order valence-electron chi connectivity index (χ0n) is 26.0. The van der Waals surface area contributed by atoms with Crippen LogP contribution in [0.3, 0.4) is 0 Å². The van der Waals surface area contributed by atoms with Crippen molar-refractivity contribution in [1.29, 1.82) is 0 Å². The molecule has 2 bridgehead atoms. The first-order valence-electron chi connectivity index (χ1n) is 15.7. The first-order valence-corrected chi connectivity index (χ1v) is 15.7. The third-order valence-corrected chi connectivity index (χ3v) is 10.2. The summed E-state index contributed by atoms with van der Waals surface area (Å²) >= 11 is 0. The number of carbonyl (C=O) groups excluding carboxylic acids is 3. The summed E-state index contributed by atoms with van der Waals surface area (Å²) < 4.78 is 6.92. The molecule has 6 atom stereocenters. The van der Waals surface area contributed by atoms with Gasteiger partial charge in [0.05, 0.1) is 24.0 Å². The Labute approximate surface area is 264 Å². The highest BCUT2D eigenvalue weighted by Gasteiger charge is 2.80. The van der Waals surface area contributed by atoms with Crippen molar-refractivity contribution in [3.8, 4) is 0 Å². The first-order chi connectivity index (χ1) is 21.7. The summed E-state index contributed by atoms with van der Waals surface area (Å²) in [6.45, 7) is 12.3. The Hall–Kier alpha value is -4.27. The number of benzene rings is 3. The van der Waals surface area contributed by atoms with Crippen LogP contribution in [0.5, 0.6) is 0 Å². The monoisotopic (exact) mass is 607 g/mol. The van der Waals surface area contributed by atoms with Gasteiger partial charge in [-0.3, -0.25) is 14.4 Å². The van der Waals surface area contributed by atoms with Gasteiger partial charge in [0, 0.05) is 31.9 Å². The van der Waals surface area contributed by atoms with Crippen LogP contribution in [0.4, 0.5) is 5.69 Å². The van der Waals surface area contributed by atoms with E-state index in [4.69, 9.17) is 4.74 Å². The van der Waals surface area contributed by atoms with Crippen LogP contribution in [0.25, 0.3) is 10.8 Å². The minimum atomic E-state index is -1.22. The van der Waals surface area contributed by atoms with Crippen LogP contribution in [0, 0.1) is 17.8 Å². The van der Waals surface area contributed by atoms with Crippen LogP contribution >= 0.6 is 0 Å². The molecule has 3 aliphatic heterocycles. The molecule has 3 aromatic rings. The second-order valence-corrected chi connectivity index (χ2v) is 12.7. The molecular formula is C37H41N3O5. The van der Waals surface area contributed by atoms with Crippen molar-refractivity contribution in [2.75, 3.05) is 31.1 Å². The van der Waals surface area contributed by atoms with Crippen LogP contribution in [-0.4, -0.2) is 76.1 Å². The minimum absolute atomic E-state index is 0.0388. The van der Waals surface area contributed by atoms with Gasteiger partial charge >= 0.3 is 0 Å². The summed E-state index contributed by atoms with van der Waals surface area (Å²) in [6.07, 6.45) is 3.80. The zero-order chi connectivity index (χ0) is 31.9. The fraction of sp³-hybridized carbons (Fsp3) is 0.378. The van der Waals surface area contributed by atoms with Crippen molar-refractivity contribution in [2.45, 2.75) is 44.1 Å². The van der Waals surface area contributed by atoms with Gasteiger partial charge in [-0.05, 0) is 47.7 Å². The molecule has 3 unspecified atom stereocenters. The molecule has 1 spiro atoms. The maximum atomic E-state index is 14.8. The highest BCUT2D eigenvalue weighted by molar-refractivity contribution is 6.06. The smallest absolute Gasteiger partial charge is 0.253 e. The highest BCUT2D eigenvalue weighted by atomic mass is 16.5. The number of nitrogens with zero attached hydrogens (tertiary/aromatic N) is 3. The van der Waals surface area contributed by atoms with Gasteiger partial charge < -0.3 is 24.5 Å². The minimum Gasteiger partial charge on any atom is -0.395 e. The summed E-state index contributed by atoms with van der Waals surface area (Å²) in [5, 5.41) is 12.1. The number of aliphatic hydroxyl groups is 1. The lowest BCUT2D eigenvalue weighted by atomic mass is 9.62. The molecule has 3 amide bonds. The first kappa shape index (κ1) is 30.7. The topological polar surface area (TPSA) is 90.4 Å². The van der Waals surface area contributed by atoms with Crippen molar-refractivity contribution in [1.82, 2.24) is 9.80 Å². The predicted octanol–water partition coefficient (Wildman–Crippen LogP) is 4.58. The highest BCUT2D eigenvalue weighted by Crippen LogP contribution is 2.65. The number of aliphatic hydroxyl groups excluding tert-OH is 1. The maximum Gasteiger partial charge on any atom is 0.253 e. The van der Waals surface area contributed by atoms with Gasteiger partial charge in [0.15, 0.2) is 0 Å². The number of anilines is 1. The van der Waals surface area contributed by atoms with E-state index in [0.29, 0.717) is 25.2 Å². The standard InChI is InChI=1S/C37H41N3O5/c1-5-18-38(24-26-12-8-7-9-13-26)33(42)30-31-34(43)40(20-21-41)32(37(31)23-25(3)36(30,4)45-37)35(44)39(19-6-2)29-17-16-27-14-10-11-15-28(27)22-29/h5-17,22,25,30-32,41H,1-2,18-21,23-24H2,3-4H3/t25?,30-,31+,32?,36+,37?/m1/s1. The van der Waals surface area contributed by atoms with E-state index in [1.807, 2.05) is 86.6 Å². The molecule has 8 heteroatoms. The van der Waals surface area contributed by atoms with Gasteiger partial charge in [-0.25, -0.2) is 0 Å². The van der Waals surface area contributed by atoms with E-state index in [1.54, 1.807) is 22.0 Å². The molecule has 45 heavy (non-hydrogen) atoms. The van der Waals surface area contributed by atoms with Crippen molar-refractivity contribution in [3.05, 3.63) is 104 Å². The van der Waals surface area contributed by atoms with Crippen LogP contribution in [0.2, 0.25) is 0 Å². The SMILES string of the molecule is C=CCN(Cc1ccccc1)C(=O)[C@H]1[C@H]2C(=O)N(CCO)C(C(=O)N(CC=C)c3ccc4ccccc4c3)C23CC(C)[C@]1(C)O3. The number of rotatable bonds is 11. The Balaban J connectivity index is 1.41. The Morgan fingerprint density at radius 3 is 2.38 bits per heavy atom. The molecular weight excluding hydrogens is 566 g/mol. The summed E-state index contributed by atoms with van der Waals surface area (Å²) in [7, 11) is 0. The van der Waals surface area contributed by atoms with E-state index in [1.165, 1.54) is 4.90 Å². The summed E-state index contributed by atoms with van der Waals surface area (Å²) in [4.78, 5) is 48.6. The molecule has 8 nitrogen and oxygen atoms in total. The maximum absolute atomic E-state index is 14.8. The van der Waals surface area contributed by atoms with Crippen molar-refractivity contribution >= 4 is 34.2 Å². The van der Waals surface area contributed by atoms with Crippen LogP contribution < -0.4 is 4.90 Å². The number of β-amino-alcohol motifs (C(OH)–C–C–N with tert-alkyl or cyclic N) is 1. The summed E-state index contributed by atoms with van der Waals surface area (Å²) in [5.74, 6) is -2.60. The van der Waals surface area contributed by atoms with Crippen LogP contribution in [0.1, 0.15) is 25.8 Å². The quantitative estimate of drug-likeness (QED) is 0.323. The Morgan fingerprint density at radius 2 is 1.69 bits per heavy atom. The number of ether oxygens (including phenoxy) is 1. The van der Waals surface area contributed by atoms with Crippen LogP contribution in [0.15, 0.2) is 98.1 Å². The number of likely N-dealkylation sites (tertiary alicyclic amines) is 1. The molecule has 3 fully saturated rings. The molecule has 0 aromatic heterocycles. The molecule has 234 valence electrons. The molecule has 3 heterocycles. The summed E-state index contributed by atoms with van der Waals surface area (Å²) in [6, 6.07) is 22.4. The molecule has 0 saturated carbocycles. The van der Waals surface area contributed by atoms with E-state index < -0.39 is 29.1 Å². The van der Waals surface area contributed by atoms with Crippen LogP contribution in [-0.2, 0) is 25.7 Å². The van der Waals surface area contributed by atoms with Gasteiger partial charge in [-0.15, -0.1) is 13.2 Å². The zero-order valence-corrected chi connectivity index (χ0v) is 26.0. The lowest BCUT2D eigenvalue weighted by molar-refractivity contribution is -0.152. The number of hydrogen-bond acceptors (Lipinski definition) is 5. The molecule has 0 aliphatic carbocycles. The average Bonchev–Trinajstić information content (AvgIpc) is 3.55. The summed E-state index contributed by atoms with van der Waals surface area (Å²) in [5.41, 5.74) is -0.535. The number of amides is 3. The Kier molecular flexibility index (Phi) is 8.14. The lowest BCUT2D eigenvalue weighted by Gasteiger charge is -2.39. The largest absolute Gasteiger partial charge is 0.395 e.